The van der Waals surface area contributed by atoms with Crippen molar-refractivity contribution in [2.24, 2.45) is 7.05 Å². The molecular formula is C14H18N4O. The molecule has 1 atom stereocenters. The molecular weight excluding hydrogens is 240 g/mol. The van der Waals surface area contributed by atoms with E-state index in [4.69, 9.17) is 4.74 Å². The summed E-state index contributed by atoms with van der Waals surface area (Å²) < 4.78 is 7.87. The van der Waals surface area contributed by atoms with Crippen molar-refractivity contribution in [1.82, 2.24) is 20.1 Å². The third-order valence-corrected chi connectivity index (χ3v) is 3.55. The van der Waals surface area contributed by atoms with Gasteiger partial charge in [-0.05, 0) is 18.6 Å². The molecule has 1 unspecified atom stereocenters. The summed E-state index contributed by atoms with van der Waals surface area (Å²) in [5.74, 6) is 2.90. The van der Waals surface area contributed by atoms with Crippen LogP contribution in [-0.4, -0.2) is 27.4 Å². The van der Waals surface area contributed by atoms with Gasteiger partial charge in [-0.2, -0.15) is 0 Å². The minimum absolute atomic E-state index is 0.215. The Balaban J connectivity index is 1.51. The van der Waals surface area contributed by atoms with Crippen molar-refractivity contribution in [2.45, 2.75) is 26.0 Å². The molecule has 5 nitrogen and oxygen atoms in total. The smallest absolute Gasteiger partial charge is 0.146 e. The van der Waals surface area contributed by atoms with Gasteiger partial charge in [-0.15, -0.1) is 10.2 Å². The first-order valence-corrected chi connectivity index (χ1v) is 6.54. The van der Waals surface area contributed by atoms with Crippen molar-refractivity contribution in [3.05, 3.63) is 41.5 Å². The molecule has 100 valence electrons. The van der Waals surface area contributed by atoms with Crippen LogP contribution in [0.1, 0.15) is 17.2 Å². The van der Waals surface area contributed by atoms with Crippen LogP contribution < -0.4 is 10.1 Å². The van der Waals surface area contributed by atoms with Crippen LogP contribution in [0.15, 0.2) is 24.3 Å². The van der Waals surface area contributed by atoms with Crippen LogP contribution in [0.25, 0.3) is 0 Å². The number of nitrogens with zero attached hydrogens (tertiary/aromatic N) is 3. The summed E-state index contributed by atoms with van der Waals surface area (Å²) >= 11 is 0. The van der Waals surface area contributed by atoms with Gasteiger partial charge in [-0.3, -0.25) is 0 Å². The van der Waals surface area contributed by atoms with E-state index in [1.165, 1.54) is 5.56 Å². The van der Waals surface area contributed by atoms with Crippen LogP contribution in [0, 0.1) is 6.92 Å². The van der Waals surface area contributed by atoms with Crippen molar-refractivity contribution in [2.75, 3.05) is 6.54 Å². The van der Waals surface area contributed by atoms with E-state index >= 15 is 0 Å². The van der Waals surface area contributed by atoms with Gasteiger partial charge < -0.3 is 14.6 Å². The molecule has 1 aromatic carbocycles. The number of hydrogen-bond donors (Lipinski definition) is 1. The monoisotopic (exact) mass is 258 g/mol. The van der Waals surface area contributed by atoms with E-state index in [0.717, 1.165) is 30.4 Å². The highest BCUT2D eigenvalue weighted by atomic mass is 16.5. The number of fused-ring (bicyclic) bond motifs is 1. The summed E-state index contributed by atoms with van der Waals surface area (Å²) in [6.45, 7) is 3.49. The number of benzene rings is 1. The van der Waals surface area contributed by atoms with Gasteiger partial charge in [-0.1, -0.05) is 18.2 Å². The maximum absolute atomic E-state index is 5.87. The summed E-state index contributed by atoms with van der Waals surface area (Å²) in [7, 11) is 1.98. The van der Waals surface area contributed by atoms with Crippen molar-refractivity contribution in [1.29, 1.82) is 0 Å². The maximum Gasteiger partial charge on any atom is 0.146 e. The topological polar surface area (TPSA) is 52.0 Å². The van der Waals surface area contributed by atoms with E-state index in [1.807, 2.05) is 30.7 Å². The molecule has 5 heteroatoms. The number of aryl methyl sites for hydroxylation is 1. The average Bonchev–Trinajstić information content (AvgIpc) is 2.96. The molecule has 0 aliphatic carbocycles. The van der Waals surface area contributed by atoms with Crippen molar-refractivity contribution < 1.29 is 4.74 Å². The third-order valence-electron chi connectivity index (χ3n) is 3.55. The molecule has 2 heterocycles. The number of nitrogens with one attached hydrogen (secondary N) is 1. The first kappa shape index (κ1) is 12.2. The Hall–Kier alpha value is -1.88. The molecule has 1 aromatic heterocycles. The molecule has 3 rings (SSSR count). The first-order valence-electron chi connectivity index (χ1n) is 6.54. The molecule has 1 aliphatic heterocycles. The Morgan fingerprint density at radius 1 is 1.37 bits per heavy atom. The van der Waals surface area contributed by atoms with Gasteiger partial charge in [0.05, 0.1) is 6.54 Å². The zero-order valence-corrected chi connectivity index (χ0v) is 11.3. The predicted molar refractivity (Wildman–Crippen MR) is 72.0 cm³/mol. The molecule has 19 heavy (non-hydrogen) atoms. The molecule has 1 N–H and O–H groups in total. The molecule has 0 spiro atoms. The van der Waals surface area contributed by atoms with Crippen molar-refractivity contribution >= 4 is 0 Å². The summed E-state index contributed by atoms with van der Waals surface area (Å²) in [6.07, 6.45) is 1.19. The number of hydrogen-bond acceptors (Lipinski definition) is 4. The Kier molecular flexibility index (Phi) is 3.21. The van der Waals surface area contributed by atoms with Crippen LogP contribution in [-0.2, 0) is 20.0 Å². The molecule has 2 aromatic rings. The second kappa shape index (κ2) is 5.01. The second-order valence-electron chi connectivity index (χ2n) is 4.91. The van der Waals surface area contributed by atoms with Crippen molar-refractivity contribution in [3.63, 3.8) is 0 Å². The van der Waals surface area contributed by atoms with Gasteiger partial charge in [0.1, 0.15) is 23.5 Å². The molecule has 0 fully saturated rings. The summed E-state index contributed by atoms with van der Waals surface area (Å²) in [6, 6.07) is 8.22. The molecule has 0 bridgehead atoms. The lowest BCUT2D eigenvalue weighted by molar-refractivity contribution is 0.226. The zero-order chi connectivity index (χ0) is 13.2. The van der Waals surface area contributed by atoms with Gasteiger partial charge in [0.25, 0.3) is 0 Å². The Morgan fingerprint density at radius 3 is 2.95 bits per heavy atom. The summed E-state index contributed by atoms with van der Waals surface area (Å²) in [5, 5.41) is 11.6. The SMILES string of the molecule is Cc1nnc(CNCC2Cc3ccccc3O2)n1C. The minimum Gasteiger partial charge on any atom is -0.488 e. The van der Waals surface area contributed by atoms with E-state index in [9.17, 15) is 0 Å². The van der Waals surface area contributed by atoms with Crippen molar-refractivity contribution in [3.8, 4) is 5.75 Å². The van der Waals surface area contributed by atoms with E-state index < -0.39 is 0 Å². The Bertz CT molecular complexity index is 554. The fraction of sp³-hybridized carbons (Fsp3) is 0.429. The summed E-state index contributed by atoms with van der Waals surface area (Å²) in [5.41, 5.74) is 1.30. The number of para-hydroxylation sites is 1. The maximum atomic E-state index is 5.87. The summed E-state index contributed by atoms with van der Waals surface area (Å²) in [4.78, 5) is 0. The van der Waals surface area contributed by atoms with Gasteiger partial charge >= 0.3 is 0 Å². The predicted octanol–water partition coefficient (Wildman–Crippen LogP) is 1.22. The number of ether oxygens (including phenoxy) is 1. The lowest BCUT2D eigenvalue weighted by Crippen LogP contribution is -2.30. The molecule has 1 aliphatic rings. The standard InChI is InChI=1S/C14H18N4O/c1-10-16-17-14(18(10)2)9-15-8-12-7-11-5-3-4-6-13(11)19-12/h3-6,12,15H,7-9H2,1-2H3. The van der Waals surface area contributed by atoms with Gasteiger partial charge in [0, 0.05) is 20.0 Å². The minimum atomic E-state index is 0.215. The first-order chi connectivity index (χ1) is 9.24. The lowest BCUT2D eigenvalue weighted by Gasteiger charge is -2.11. The van der Waals surface area contributed by atoms with E-state index in [2.05, 4.69) is 27.6 Å². The zero-order valence-electron chi connectivity index (χ0n) is 11.3. The number of rotatable bonds is 4. The quantitative estimate of drug-likeness (QED) is 0.896. The number of aromatic nitrogens is 3. The van der Waals surface area contributed by atoms with E-state index in [-0.39, 0.29) is 6.10 Å². The highest BCUT2D eigenvalue weighted by Gasteiger charge is 2.21. The largest absolute Gasteiger partial charge is 0.488 e. The van der Waals surface area contributed by atoms with E-state index in [1.54, 1.807) is 0 Å². The average molecular weight is 258 g/mol. The van der Waals surface area contributed by atoms with E-state index in [0.29, 0.717) is 6.54 Å². The highest BCUT2D eigenvalue weighted by Crippen LogP contribution is 2.27. The van der Waals surface area contributed by atoms with Crippen LogP contribution in [0.5, 0.6) is 5.75 Å². The van der Waals surface area contributed by atoms with Crippen LogP contribution in [0.4, 0.5) is 0 Å². The van der Waals surface area contributed by atoms with Crippen LogP contribution >= 0.6 is 0 Å². The van der Waals surface area contributed by atoms with Crippen LogP contribution in [0.2, 0.25) is 0 Å². The second-order valence-corrected chi connectivity index (χ2v) is 4.91. The van der Waals surface area contributed by atoms with Gasteiger partial charge in [0.15, 0.2) is 0 Å². The highest BCUT2D eigenvalue weighted by molar-refractivity contribution is 5.37. The lowest BCUT2D eigenvalue weighted by atomic mass is 10.1. The molecule has 0 saturated carbocycles. The normalized spacial score (nSPS) is 17.3. The third kappa shape index (κ3) is 2.46. The van der Waals surface area contributed by atoms with Crippen LogP contribution in [0.3, 0.4) is 0 Å². The fourth-order valence-corrected chi connectivity index (χ4v) is 2.32. The van der Waals surface area contributed by atoms with Gasteiger partial charge in [-0.25, -0.2) is 0 Å². The fourth-order valence-electron chi connectivity index (χ4n) is 2.32. The molecule has 0 radical (unpaired) electrons. The Morgan fingerprint density at radius 2 is 2.21 bits per heavy atom. The Labute approximate surface area is 112 Å². The molecule has 0 saturated heterocycles. The van der Waals surface area contributed by atoms with Gasteiger partial charge in [0.2, 0.25) is 0 Å². The molecule has 0 amide bonds.